The van der Waals surface area contributed by atoms with Crippen LogP contribution in [0.4, 0.5) is 0 Å². The second-order valence-electron chi connectivity index (χ2n) is 6.01. The third-order valence-corrected chi connectivity index (χ3v) is 4.30. The van der Waals surface area contributed by atoms with Crippen molar-refractivity contribution in [3.05, 3.63) is 28.8 Å². The smallest absolute Gasteiger partial charge is 0.123 e. The highest BCUT2D eigenvalue weighted by atomic mass is 35.5. The molecule has 1 unspecified atom stereocenters. The van der Waals surface area contributed by atoms with Gasteiger partial charge < -0.3 is 10.1 Å². The third-order valence-electron chi connectivity index (χ3n) is 3.94. The zero-order valence-corrected chi connectivity index (χ0v) is 12.9. The largest absolute Gasteiger partial charge is 0.496 e. The summed E-state index contributed by atoms with van der Waals surface area (Å²) in [5, 5.41) is 4.53. The fraction of sp³-hybridized carbons (Fsp3) is 0.625. The van der Waals surface area contributed by atoms with Gasteiger partial charge in [0.15, 0.2) is 0 Å². The molecule has 1 N–H and O–H groups in total. The first-order chi connectivity index (χ1) is 9.06. The number of hydrogen-bond acceptors (Lipinski definition) is 2. The lowest BCUT2D eigenvalue weighted by Gasteiger charge is -2.32. The fourth-order valence-electron chi connectivity index (χ4n) is 3.29. The summed E-state index contributed by atoms with van der Waals surface area (Å²) in [6, 6.07) is 5.90. The summed E-state index contributed by atoms with van der Waals surface area (Å²) in [6.07, 6.45) is 4.61. The van der Waals surface area contributed by atoms with Crippen LogP contribution in [0.2, 0.25) is 5.02 Å². The minimum absolute atomic E-state index is 0.187. The number of benzene rings is 1. The second-order valence-corrected chi connectivity index (χ2v) is 6.41. The first-order valence-electron chi connectivity index (χ1n) is 7.13. The summed E-state index contributed by atoms with van der Waals surface area (Å²) < 4.78 is 5.47. The summed E-state index contributed by atoms with van der Waals surface area (Å²) in [4.78, 5) is 0. The van der Waals surface area contributed by atoms with Crippen molar-refractivity contribution in [1.29, 1.82) is 0 Å². The van der Waals surface area contributed by atoms with Crippen LogP contribution in [0.1, 0.15) is 38.7 Å². The van der Waals surface area contributed by atoms with Crippen LogP contribution in [0.5, 0.6) is 5.75 Å². The topological polar surface area (TPSA) is 21.3 Å². The predicted octanol–water partition coefficient (Wildman–Crippen LogP) is 4.06. The van der Waals surface area contributed by atoms with E-state index >= 15 is 0 Å². The highest BCUT2D eigenvalue weighted by Gasteiger charge is 2.35. The van der Waals surface area contributed by atoms with Gasteiger partial charge in [-0.15, -0.1) is 0 Å². The highest BCUT2D eigenvalue weighted by Crippen LogP contribution is 2.36. The molecule has 106 valence electrons. The summed E-state index contributed by atoms with van der Waals surface area (Å²) >= 11 is 6.38. The lowest BCUT2D eigenvalue weighted by Crippen LogP contribution is -2.43. The Kier molecular flexibility index (Phi) is 4.75. The Hall–Kier alpha value is -0.730. The Labute approximate surface area is 121 Å². The Balaban J connectivity index is 2.27. The van der Waals surface area contributed by atoms with E-state index in [1.54, 1.807) is 7.11 Å². The van der Waals surface area contributed by atoms with Gasteiger partial charge in [-0.2, -0.15) is 0 Å². The van der Waals surface area contributed by atoms with E-state index in [0.717, 1.165) is 29.3 Å². The van der Waals surface area contributed by atoms with Crippen molar-refractivity contribution in [3.8, 4) is 5.75 Å². The van der Waals surface area contributed by atoms with Crippen molar-refractivity contribution in [2.45, 2.75) is 45.1 Å². The van der Waals surface area contributed by atoms with E-state index in [1.807, 2.05) is 18.2 Å². The van der Waals surface area contributed by atoms with Crippen LogP contribution < -0.4 is 10.1 Å². The van der Waals surface area contributed by atoms with E-state index in [-0.39, 0.29) is 5.54 Å². The van der Waals surface area contributed by atoms with Gasteiger partial charge in [0.1, 0.15) is 5.75 Å². The maximum Gasteiger partial charge on any atom is 0.123 e. The minimum Gasteiger partial charge on any atom is -0.496 e. The molecule has 1 fully saturated rings. The molecular formula is C16H24ClNO. The van der Waals surface area contributed by atoms with Gasteiger partial charge in [-0.3, -0.25) is 0 Å². The number of hydrogen-bond donors (Lipinski definition) is 1. The van der Waals surface area contributed by atoms with E-state index in [2.05, 4.69) is 19.2 Å². The van der Waals surface area contributed by atoms with Gasteiger partial charge in [-0.25, -0.2) is 0 Å². The van der Waals surface area contributed by atoms with Crippen molar-refractivity contribution in [1.82, 2.24) is 5.32 Å². The Morgan fingerprint density at radius 2 is 2.21 bits per heavy atom. The van der Waals surface area contributed by atoms with Crippen LogP contribution in [0.15, 0.2) is 18.2 Å². The molecular weight excluding hydrogens is 258 g/mol. The van der Waals surface area contributed by atoms with Crippen molar-refractivity contribution >= 4 is 11.6 Å². The van der Waals surface area contributed by atoms with E-state index in [4.69, 9.17) is 16.3 Å². The second kappa shape index (κ2) is 6.15. The molecule has 0 bridgehead atoms. The molecule has 2 nitrogen and oxygen atoms in total. The molecule has 1 aromatic rings. The zero-order valence-electron chi connectivity index (χ0n) is 12.1. The van der Waals surface area contributed by atoms with Crippen molar-refractivity contribution in [3.63, 3.8) is 0 Å². The first kappa shape index (κ1) is 14.7. The van der Waals surface area contributed by atoms with Crippen LogP contribution in [0.25, 0.3) is 0 Å². The molecule has 1 heterocycles. The van der Waals surface area contributed by atoms with Crippen LogP contribution in [0.3, 0.4) is 0 Å². The number of methoxy groups -OCH3 is 1. The van der Waals surface area contributed by atoms with Gasteiger partial charge >= 0.3 is 0 Å². The molecule has 1 aromatic carbocycles. The van der Waals surface area contributed by atoms with Gasteiger partial charge in [0.25, 0.3) is 0 Å². The fourth-order valence-corrected chi connectivity index (χ4v) is 3.52. The minimum atomic E-state index is 0.187. The maximum atomic E-state index is 6.38. The molecule has 19 heavy (non-hydrogen) atoms. The Morgan fingerprint density at radius 1 is 1.42 bits per heavy atom. The average Bonchev–Trinajstić information content (AvgIpc) is 2.79. The molecule has 2 rings (SSSR count). The number of halogens is 1. The molecule has 1 atom stereocenters. The third kappa shape index (κ3) is 3.43. The monoisotopic (exact) mass is 281 g/mol. The molecule has 0 aromatic heterocycles. The van der Waals surface area contributed by atoms with Crippen LogP contribution >= 0.6 is 11.6 Å². The normalized spacial score (nSPS) is 23.0. The predicted molar refractivity (Wildman–Crippen MR) is 81.1 cm³/mol. The Bertz CT molecular complexity index is 425. The summed E-state index contributed by atoms with van der Waals surface area (Å²) in [5.74, 6) is 1.59. The molecule has 1 aliphatic heterocycles. The van der Waals surface area contributed by atoms with Crippen LogP contribution in [-0.2, 0) is 6.42 Å². The van der Waals surface area contributed by atoms with Gasteiger partial charge in [0.05, 0.1) is 7.11 Å². The van der Waals surface area contributed by atoms with Crippen molar-refractivity contribution in [2.24, 2.45) is 5.92 Å². The summed E-state index contributed by atoms with van der Waals surface area (Å²) in [5.41, 5.74) is 1.33. The number of rotatable bonds is 5. The molecule has 0 saturated carbocycles. The molecule has 1 aliphatic rings. The molecule has 0 radical (unpaired) electrons. The van der Waals surface area contributed by atoms with Gasteiger partial charge in [0.2, 0.25) is 0 Å². The molecule has 0 amide bonds. The van der Waals surface area contributed by atoms with E-state index in [0.29, 0.717) is 5.92 Å². The van der Waals surface area contributed by atoms with E-state index in [1.165, 1.54) is 19.3 Å². The average molecular weight is 282 g/mol. The number of nitrogens with one attached hydrogen (secondary N) is 1. The summed E-state index contributed by atoms with van der Waals surface area (Å²) in [7, 11) is 1.71. The quantitative estimate of drug-likeness (QED) is 0.879. The molecule has 0 aliphatic carbocycles. The molecule has 0 spiro atoms. The standard InChI is InChI=1S/C16H24ClNO/c1-12(2)10-16(8-5-9-18-16)11-13-14(17)6-4-7-15(13)19-3/h4,6-7,12,18H,5,8-11H2,1-3H3. The molecule has 1 saturated heterocycles. The van der Waals surface area contributed by atoms with E-state index in [9.17, 15) is 0 Å². The van der Waals surface area contributed by atoms with E-state index < -0.39 is 0 Å². The lowest BCUT2D eigenvalue weighted by molar-refractivity contribution is 0.297. The molecule has 3 heteroatoms. The summed E-state index contributed by atoms with van der Waals surface area (Å²) in [6.45, 7) is 5.68. The number of ether oxygens (including phenoxy) is 1. The van der Waals surface area contributed by atoms with Crippen LogP contribution in [-0.4, -0.2) is 19.2 Å². The first-order valence-corrected chi connectivity index (χ1v) is 7.50. The van der Waals surface area contributed by atoms with Crippen molar-refractivity contribution in [2.75, 3.05) is 13.7 Å². The van der Waals surface area contributed by atoms with Gasteiger partial charge in [-0.05, 0) is 50.3 Å². The Morgan fingerprint density at radius 3 is 2.79 bits per heavy atom. The van der Waals surface area contributed by atoms with Crippen molar-refractivity contribution < 1.29 is 4.74 Å². The lowest BCUT2D eigenvalue weighted by atomic mass is 9.82. The van der Waals surface area contributed by atoms with Crippen LogP contribution in [0, 0.1) is 5.92 Å². The van der Waals surface area contributed by atoms with Gasteiger partial charge in [0, 0.05) is 16.1 Å². The van der Waals surface area contributed by atoms with Gasteiger partial charge in [-0.1, -0.05) is 31.5 Å². The maximum absolute atomic E-state index is 6.38. The highest BCUT2D eigenvalue weighted by molar-refractivity contribution is 6.31. The zero-order chi connectivity index (χ0) is 13.9. The SMILES string of the molecule is COc1cccc(Cl)c1CC1(CC(C)C)CCCN1.